The Labute approximate surface area is 113 Å². The molecule has 1 saturated carbocycles. The van der Waals surface area contributed by atoms with Crippen LogP contribution in [0.4, 0.5) is 8.78 Å². The van der Waals surface area contributed by atoms with Crippen LogP contribution >= 0.6 is 0 Å². The van der Waals surface area contributed by atoms with Crippen molar-refractivity contribution in [1.29, 1.82) is 0 Å². The molecule has 1 N–H and O–H groups in total. The maximum absolute atomic E-state index is 13.2. The molecule has 0 spiro atoms. The topological polar surface area (TPSA) is 24.9 Å². The van der Waals surface area contributed by atoms with Crippen LogP contribution in [0.25, 0.3) is 0 Å². The van der Waals surface area contributed by atoms with Crippen molar-refractivity contribution in [1.82, 2.24) is 10.3 Å². The van der Waals surface area contributed by atoms with Crippen molar-refractivity contribution in [3.63, 3.8) is 0 Å². The Morgan fingerprint density at radius 1 is 1.42 bits per heavy atom. The molecule has 1 fully saturated rings. The molecule has 2 rings (SSSR count). The van der Waals surface area contributed by atoms with Gasteiger partial charge in [-0.2, -0.15) is 0 Å². The minimum Gasteiger partial charge on any atom is -0.314 e. The molecule has 0 saturated heterocycles. The Morgan fingerprint density at radius 2 is 2.16 bits per heavy atom. The van der Waals surface area contributed by atoms with Crippen molar-refractivity contribution in [3.05, 3.63) is 30.1 Å². The first-order chi connectivity index (χ1) is 9.11. The van der Waals surface area contributed by atoms with E-state index >= 15 is 0 Å². The Morgan fingerprint density at radius 3 is 2.74 bits per heavy atom. The van der Waals surface area contributed by atoms with Gasteiger partial charge in [0.15, 0.2) is 0 Å². The summed E-state index contributed by atoms with van der Waals surface area (Å²) in [6.45, 7) is 2.94. The molecule has 0 aliphatic heterocycles. The maximum Gasteiger partial charge on any atom is 0.248 e. The molecule has 1 aliphatic rings. The largest absolute Gasteiger partial charge is 0.314 e. The maximum atomic E-state index is 13.2. The Bertz CT molecular complexity index is 371. The molecule has 1 atom stereocenters. The molecule has 1 unspecified atom stereocenters. The van der Waals surface area contributed by atoms with Crippen LogP contribution in [0, 0.1) is 5.92 Å². The predicted octanol–water partition coefficient (Wildman–Crippen LogP) is 3.43. The van der Waals surface area contributed by atoms with Gasteiger partial charge in [0.1, 0.15) is 0 Å². The van der Waals surface area contributed by atoms with Crippen LogP contribution in [0.5, 0.6) is 0 Å². The van der Waals surface area contributed by atoms with Gasteiger partial charge in [0.05, 0.1) is 0 Å². The minimum atomic E-state index is -2.44. The molecule has 0 amide bonds. The van der Waals surface area contributed by atoms with E-state index in [4.69, 9.17) is 0 Å². The lowest BCUT2D eigenvalue weighted by molar-refractivity contribution is -0.0494. The fourth-order valence-corrected chi connectivity index (χ4v) is 2.91. The fourth-order valence-electron chi connectivity index (χ4n) is 2.91. The van der Waals surface area contributed by atoms with Gasteiger partial charge in [-0.1, -0.05) is 13.0 Å². The molecule has 106 valence electrons. The van der Waals surface area contributed by atoms with Crippen molar-refractivity contribution < 1.29 is 8.78 Å². The van der Waals surface area contributed by atoms with Gasteiger partial charge in [-0.15, -0.1) is 0 Å². The molecule has 1 aliphatic carbocycles. The number of likely N-dealkylation sites (N-methyl/N-ethyl adjacent to an activating group) is 1. The third kappa shape index (κ3) is 4.23. The Balaban J connectivity index is 1.96. The standard InChI is InChI=1S/C15H22F2N2/c1-2-19-14(10-12-4-3-9-18-11-12)13-5-7-15(16,17)8-6-13/h3-4,9,11,13-14,19H,2,5-8,10H2,1H3. The van der Waals surface area contributed by atoms with Crippen LogP contribution in [0.2, 0.25) is 0 Å². The van der Waals surface area contributed by atoms with Crippen molar-refractivity contribution in [2.45, 2.75) is 51.0 Å². The van der Waals surface area contributed by atoms with Gasteiger partial charge in [0.25, 0.3) is 0 Å². The van der Waals surface area contributed by atoms with Crippen molar-refractivity contribution in [2.24, 2.45) is 5.92 Å². The highest BCUT2D eigenvalue weighted by atomic mass is 19.3. The van der Waals surface area contributed by atoms with Gasteiger partial charge in [-0.25, -0.2) is 8.78 Å². The van der Waals surface area contributed by atoms with E-state index in [9.17, 15) is 8.78 Å². The van der Waals surface area contributed by atoms with Crippen LogP contribution in [0.1, 0.15) is 38.2 Å². The number of pyridine rings is 1. The van der Waals surface area contributed by atoms with E-state index in [1.54, 1.807) is 6.20 Å². The average Bonchev–Trinajstić information content (AvgIpc) is 2.39. The van der Waals surface area contributed by atoms with Crippen LogP contribution < -0.4 is 5.32 Å². The third-order valence-electron chi connectivity index (χ3n) is 3.98. The number of hydrogen-bond acceptors (Lipinski definition) is 2. The molecule has 0 bridgehead atoms. The zero-order chi connectivity index (χ0) is 13.7. The fraction of sp³-hybridized carbons (Fsp3) is 0.667. The second-order valence-electron chi connectivity index (χ2n) is 5.42. The molecule has 1 aromatic heterocycles. The van der Waals surface area contributed by atoms with Gasteiger partial charge >= 0.3 is 0 Å². The van der Waals surface area contributed by atoms with E-state index < -0.39 is 5.92 Å². The highest BCUT2D eigenvalue weighted by Gasteiger charge is 2.37. The SMILES string of the molecule is CCNC(Cc1cccnc1)C1CCC(F)(F)CC1. The first-order valence-corrected chi connectivity index (χ1v) is 7.11. The summed E-state index contributed by atoms with van der Waals surface area (Å²) in [5.74, 6) is -2.10. The lowest BCUT2D eigenvalue weighted by Gasteiger charge is -2.34. The van der Waals surface area contributed by atoms with Crippen LogP contribution in [0.3, 0.4) is 0 Å². The van der Waals surface area contributed by atoms with Crippen molar-refractivity contribution in [3.8, 4) is 0 Å². The molecular weight excluding hydrogens is 246 g/mol. The van der Waals surface area contributed by atoms with E-state index in [-0.39, 0.29) is 18.9 Å². The van der Waals surface area contributed by atoms with Crippen LogP contribution in [-0.4, -0.2) is 23.5 Å². The number of aromatic nitrogens is 1. The minimum absolute atomic E-state index is 0.0343. The molecular formula is C15H22F2N2. The summed E-state index contributed by atoms with van der Waals surface area (Å²) in [7, 11) is 0. The summed E-state index contributed by atoms with van der Waals surface area (Å²) in [4.78, 5) is 4.12. The van der Waals surface area contributed by atoms with Crippen LogP contribution in [0.15, 0.2) is 24.5 Å². The lowest BCUT2D eigenvalue weighted by atomic mass is 9.80. The Hall–Kier alpha value is -1.03. The van der Waals surface area contributed by atoms with E-state index in [2.05, 4.69) is 23.3 Å². The number of halogens is 2. The summed E-state index contributed by atoms with van der Waals surface area (Å²) in [6, 6.07) is 4.26. The predicted molar refractivity (Wildman–Crippen MR) is 72.3 cm³/mol. The summed E-state index contributed by atoms with van der Waals surface area (Å²) in [5, 5.41) is 3.46. The summed E-state index contributed by atoms with van der Waals surface area (Å²) in [5.41, 5.74) is 1.17. The molecule has 2 nitrogen and oxygen atoms in total. The molecule has 0 aromatic carbocycles. The van der Waals surface area contributed by atoms with Crippen molar-refractivity contribution >= 4 is 0 Å². The lowest BCUT2D eigenvalue weighted by Crippen LogP contribution is -2.41. The van der Waals surface area contributed by atoms with E-state index in [1.807, 2.05) is 12.3 Å². The highest BCUT2D eigenvalue weighted by Crippen LogP contribution is 2.37. The monoisotopic (exact) mass is 268 g/mol. The molecule has 1 aromatic rings. The van der Waals surface area contributed by atoms with Crippen molar-refractivity contribution in [2.75, 3.05) is 6.54 Å². The number of nitrogens with zero attached hydrogens (tertiary/aromatic N) is 1. The average molecular weight is 268 g/mol. The normalized spacial score (nSPS) is 21.2. The smallest absolute Gasteiger partial charge is 0.248 e. The zero-order valence-corrected chi connectivity index (χ0v) is 11.4. The quantitative estimate of drug-likeness (QED) is 0.885. The first kappa shape index (κ1) is 14.4. The third-order valence-corrected chi connectivity index (χ3v) is 3.98. The van der Waals surface area contributed by atoms with Gasteiger partial charge < -0.3 is 5.32 Å². The first-order valence-electron chi connectivity index (χ1n) is 7.11. The van der Waals surface area contributed by atoms with Gasteiger partial charge in [-0.3, -0.25) is 4.98 Å². The molecule has 1 heterocycles. The van der Waals surface area contributed by atoms with E-state index in [0.29, 0.717) is 18.8 Å². The highest BCUT2D eigenvalue weighted by molar-refractivity contribution is 5.10. The zero-order valence-electron chi connectivity index (χ0n) is 11.4. The van der Waals surface area contributed by atoms with Crippen LogP contribution in [-0.2, 0) is 6.42 Å². The summed E-state index contributed by atoms with van der Waals surface area (Å²) in [6.07, 6.45) is 5.79. The Kier molecular flexibility index (Phi) is 4.86. The van der Waals surface area contributed by atoms with E-state index in [1.165, 1.54) is 5.56 Å². The summed E-state index contributed by atoms with van der Waals surface area (Å²) < 4.78 is 26.4. The van der Waals surface area contributed by atoms with Gasteiger partial charge in [-0.05, 0) is 43.4 Å². The molecule has 19 heavy (non-hydrogen) atoms. The molecule has 0 radical (unpaired) electrons. The number of nitrogens with one attached hydrogen (secondary N) is 1. The molecule has 4 heteroatoms. The number of alkyl halides is 2. The van der Waals surface area contributed by atoms with Gasteiger partial charge in [0, 0.05) is 31.3 Å². The second kappa shape index (κ2) is 6.42. The van der Waals surface area contributed by atoms with E-state index in [0.717, 1.165) is 13.0 Å². The summed E-state index contributed by atoms with van der Waals surface area (Å²) >= 11 is 0. The number of hydrogen-bond donors (Lipinski definition) is 1. The second-order valence-corrected chi connectivity index (χ2v) is 5.42. The number of rotatable bonds is 5. The van der Waals surface area contributed by atoms with Gasteiger partial charge in [0.2, 0.25) is 5.92 Å².